The number of hydrogen-bond donors (Lipinski definition) is 0. The van der Waals surface area contributed by atoms with Gasteiger partial charge in [0.1, 0.15) is 0 Å². The third kappa shape index (κ3) is 16.6. The van der Waals surface area contributed by atoms with E-state index in [1.165, 1.54) is 103 Å². The van der Waals surface area contributed by atoms with Gasteiger partial charge in [-0.25, -0.2) is 0 Å². The van der Waals surface area contributed by atoms with E-state index in [0.717, 1.165) is 11.8 Å². The molecular formula is C24H48. The second kappa shape index (κ2) is 19.1. The van der Waals surface area contributed by atoms with Gasteiger partial charge in [0, 0.05) is 0 Å². The summed E-state index contributed by atoms with van der Waals surface area (Å²) >= 11 is 0. The quantitative estimate of drug-likeness (QED) is 0.173. The Morgan fingerprint density at radius 1 is 0.583 bits per heavy atom. The molecule has 0 amide bonds. The van der Waals surface area contributed by atoms with Gasteiger partial charge in [-0.2, -0.15) is 0 Å². The molecule has 0 saturated carbocycles. The molecule has 2 atom stereocenters. The zero-order chi connectivity index (χ0) is 17.9. The number of hydrogen-bond acceptors (Lipinski definition) is 0. The van der Waals surface area contributed by atoms with E-state index < -0.39 is 0 Å². The first-order valence-electron chi connectivity index (χ1n) is 11.4. The zero-order valence-corrected chi connectivity index (χ0v) is 17.6. The average Bonchev–Trinajstić information content (AvgIpc) is 2.59. The third-order valence-electron chi connectivity index (χ3n) is 5.54. The summed E-state index contributed by atoms with van der Waals surface area (Å²) in [6.07, 6.45) is 27.3. The fraction of sp³-hybridized carbons (Fsp3) is 0.917. The Labute approximate surface area is 154 Å². The van der Waals surface area contributed by atoms with Crippen LogP contribution in [0.5, 0.6) is 0 Å². The Balaban J connectivity index is 3.38. The van der Waals surface area contributed by atoms with E-state index in [-0.39, 0.29) is 0 Å². The molecule has 0 aromatic rings. The Bertz CT molecular complexity index is 253. The summed E-state index contributed by atoms with van der Waals surface area (Å²) in [5.74, 6) is 1.95. The van der Waals surface area contributed by atoms with E-state index >= 15 is 0 Å². The molecule has 2 unspecified atom stereocenters. The lowest BCUT2D eigenvalue weighted by atomic mass is 9.90. The van der Waals surface area contributed by atoms with Gasteiger partial charge in [0.2, 0.25) is 0 Å². The van der Waals surface area contributed by atoms with Gasteiger partial charge in [-0.05, 0) is 31.1 Å². The smallest absolute Gasteiger partial charge is 0.0351 e. The van der Waals surface area contributed by atoms with E-state index in [4.69, 9.17) is 0 Å². The molecule has 144 valence electrons. The molecular weight excluding hydrogens is 288 g/mol. The van der Waals surface area contributed by atoms with Gasteiger partial charge in [-0.3, -0.25) is 0 Å². The summed E-state index contributed by atoms with van der Waals surface area (Å²) in [6.45, 7) is 9.42. The van der Waals surface area contributed by atoms with Crippen LogP contribution in [0.15, 0.2) is 12.2 Å². The summed E-state index contributed by atoms with van der Waals surface area (Å²) in [4.78, 5) is 0. The molecule has 0 aromatic carbocycles. The second-order valence-corrected chi connectivity index (χ2v) is 8.06. The summed E-state index contributed by atoms with van der Waals surface area (Å²) < 4.78 is 0. The molecule has 0 radical (unpaired) electrons. The zero-order valence-electron chi connectivity index (χ0n) is 17.6. The second-order valence-electron chi connectivity index (χ2n) is 8.06. The van der Waals surface area contributed by atoms with E-state index in [2.05, 4.69) is 39.8 Å². The third-order valence-corrected chi connectivity index (χ3v) is 5.54. The minimum absolute atomic E-state index is 0.950. The molecule has 0 spiro atoms. The van der Waals surface area contributed by atoms with Crippen LogP contribution in [0.3, 0.4) is 0 Å². The fourth-order valence-corrected chi connectivity index (χ4v) is 3.63. The molecule has 0 fully saturated rings. The van der Waals surface area contributed by atoms with E-state index in [0.29, 0.717) is 0 Å². The van der Waals surface area contributed by atoms with Gasteiger partial charge in [-0.15, -0.1) is 0 Å². The Morgan fingerprint density at radius 2 is 1.21 bits per heavy atom. The molecule has 0 aromatic heterocycles. The molecule has 0 rings (SSSR count). The van der Waals surface area contributed by atoms with Crippen LogP contribution in [-0.2, 0) is 0 Å². The van der Waals surface area contributed by atoms with Gasteiger partial charge >= 0.3 is 0 Å². The fourth-order valence-electron chi connectivity index (χ4n) is 3.63. The molecule has 0 nitrogen and oxygen atoms in total. The maximum Gasteiger partial charge on any atom is -0.0351 e. The van der Waals surface area contributed by atoms with Gasteiger partial charge in [0.05, 0.1) is 0 Å². The van der Waals surface area contributed by atoms with Crippen molar-refractivity contribution >= 4 is 0 Å². The van der Waals surface area contributed by atoms with Crippen LogP contribution in [0.1, 0.15) is 130 Å². The molecule has 24 heavy (non-hydrogen) atoms. The maximum absolute atomic E-state index is 2.48. The van der Waals surface area contributed by atoms with E-state index in [1.807, 2.05) is 0 Å². The first-order chi connectivity index (χ1) is 11.7. The Kier molecular flexibility index (Phi) is 18.9. The van der Waals surface area contributed by atoms with Crippen LogP contribution in [-0.4, -0.2) is 0 Å². The van der Waals surface area contributed by atoms with Crippen LogP contribution in [0.4, 0.5) is 0 Å². The lowest BCUT2D eigenvalue weighted by Crippen LogP contribution is -2.01. The molecule has 0 aliphatic rings. The SMILES string of the molecule is CCCC=CCCCCCCCC(C)CCCC(CC)CCCC. The molecule has 0 aliphatic carbocycles. The normalized spacial score (nSPS) is 14.3. The van der Waals surface area contributed by atoms with Crippen molar-refractivity contribution in [1.82, 2.24) is 0 Å². The van der Waals surface area contributed by atoms with Gasteiger partial charge in [-0.1, -0.05) is 123 Å². The topological polar surface area (TPSA) is 0 Å². The highest BCUT2D eigenvalue weighted by molar-refractivity contribution is 4.80. The predicted octanol–water partition coefficient (Wildman–Crippen LogP) is 9.10. The largest absolute Gasteiger partial charge is 0.0885 e. The van der Waals surface area contributed by atoms with Crippen molar-refractivity contribution in [1.29, 1.82) is 0 Å². The van der Waals surface area contributed by atoms with Crippen LogP contribution >= 0.6 is 0 Å². The summed E-state index contributed by atoms with van der Waals surface area (Å²) in [5.41, 5.74) is 0. The van der Waals surface area contributed by atoms with Crippen molar-refractivity contribution in [3.8, 4) is 0 Å². The van der Waals surface area contributed by atoms with Gasteiger partial charge < -0.3 is 0 Å². The van der Waals surface area contributed by atoms with Gasteiger partial charge in [0.25, 0.3) is 0 Å². The highest BCUT2D eigenvalue weighted by atomic mass is 14.1. The van der Waals surface area contributed by atoms with Crippen molar-refractivity contribution in [2.24, 2.45) is 11.8 Å². The molecule has 0 heteroatoms. The van der Waals surface area contributed by atoms with Crippen molar-refractivity contribution in [3.05, 3.63) is 12.2 Å². The standard InChI is InChI=1S/C24H48/c1-5-8-10-11-12-13-14-15-16-17-19-23(4)20-18-22-24(7-3)21-9-6-2/h10-11,23-24H,5-9,12-22H2,1-4H3. The molecule has 0 aliphatic heterocycles. The minimum atomic E-state index is 0.950. The molecule has 0 bridgehead atoms. The van der Waals surface area contributed by atoms with Crippen molar-refractivity contribution < 1.29 is 0 Å². The minimum Gasteiger partial charge on any atom is -0.0885 e. The van der Waals surface area contributed by atoms with Crippen LogP contribution in [0, 0.1) is 11.8 Å². The number of unbranched alkanes of at least 4 members (excludes halogenated alkanes) is 7. The summed E-state index contributed by atoms with van der Waals surface area (Å²) in [5, 5.41) is 0. The molecule has 0 N–H and O–H groups in total. The number of allylic oxidation sites excluding steroid dienone is 2. The van der Waals surface area contributed by atoms with E-state index in [9.17, 15) is 0 Å². The Morgan fingerprint density at radius 3 is 1.92 bits per heavy atom. The highest BCUT2D eigenvalue weighted by Crippen LogP contribution is 2.23. The Hall–Kier alpha value is -0.260. The lowest BCUT2D eigenvalue weighted by molar-refractivity contribution is 0.371. The van der Waals surface area contributed by atoms with E-state index in [1.54, 1.807) is 0 Å². The summed E-state index contributed by atoms with van der Waals surface area (Å²) in [6, 6.07) is 0. The first kappa shape index (κ1) is 23.7. The predicted molar refractivity (Wildman–Crippen MR) is 113 cm³/mol. The van der Waals surface area contributed by atoms with Crippen molar-refractivity contribution in [2.45, 2.75) is 130 Å². The van der Waals surface area contributed by atoms with Crippen LogP contribution < -0.4 is 0 Å². The van der Waals surface area contributed by atoms with Gasteiger partial charge in [0.15, 0.2) is 0 Å². The number of rotatable bonds is 18. The summed E-state index contributed by atoms with van der Waals surface area (Å²) in [7, 11) is 0. The lowest BCUT2D eigenvalue weighted by Gasteiger charge is -2.16. The maximum atomic E-state index is 2.48. The average molecular weight is 337 g/mol. The van der Waals surface area contributed by atoms with Crippen LogP contribution in [0.2, 0.25) is 0 Å². The van der Waals surface area contributed by atoms with Crippen LogP contribution in [0.25, 0.3) is 0 Å². The first-order valence-corrected chi connectivity index (χ1v) is 11.4. The van der Waals surface area contributed by atoms with Crippen molar-refractivity contribution in [2.75, 3.05) is 0 Å². The monoisotopic (exact) mass is 336 g/mol. The highest BCUT2D eigenvalue weighted by Gasteiger charge is 2.07. The van der Waals surface area contributed by atoms with Crippen molar-refractivity contribution in [3.63, 3.8) is 0 Å². The molecule has 0 heterocycles. The molecule has 0 saturated heterocycles.